The lowest BCUT2D eigenvalue weighted by molar-refractivity contribution is 0.0550. The Morgan fingerprint density at radius 2 is 2.07 bits per heavy atom. The second kappa shape index (κ2) is 5.01. The monoisotopic (exact) mass is 208 g/mol. The van der Waals surface area contributed by atoms with Gasteiger partial charge in [0, 0.05) is 5.56 Å². The number of halogens is 1. The molecule has 0 radical (unpaired) electrons. The average molecular weight is 208 g/mol. The zero-order chi connectivity index (χ0) is 11.3. The molecule has 0 saturated heterocycles. The first-order chi connectivity index (χ1) is 7.17. The van der Waals surface area contributed by atoms with Crippen molar-refractivity contribution in [1.29, 1.82) is 0 Å². The van der Waals surface area contributed by atoms with Crippen molar-refractivity contribution in [2.24, 2.45) is 0 Å². The molecular formula is C11H9FO3. The second-order valence-corrected chi connectivity index (χ2v) is 2.67. The summed E-state index contributed by atoms with van der Waals surface area (Å²) in [4.78, 5) is 10.8. The molecule has 15 heavy (non-hydrogen) atoms. The fourth-order valence-electron chi connectivity index (χ4n) is 0.980. The largest absolute Gasteiger partial charge is 0.509 e. The van der Waals surface area contributed by atoms with E-state index in [-0.39, 0.29) is 5.82 Å². The highest BCUT2D eigenvalue weighted by Crippen LogP contribution is 2.17. The Kier molecular flexibility index (Phi) is 3.69. The normalized spacial score (nSPS) is 11.3. The van der Waals surface area contributed by atoms with Crippen LogP contribution in [0.2, 0.25) is 0 Å². The molecule has 1 aromatic carbocycles. The Bertz CT molecular complexity index is 378. The molecule has 1 aromatic rings. The van der Waals surface area contributed by atoms with Gasteiger partial charge in [0.15, 0.2) is 6.10 Å². The summed E-state index contributed by atoms with van der Waals surface area (Å²) in [5, 5.41) is 0. The maximum atomic E-state index is 12.6. The van der Waals surface area contributed by atoms with Crippen LogP contribution in [0.25, 0.3) is 0 Å². The zero-order valence-electron chi connectivity index (χ0n) is 8.07. The number of hydrogen-bond acceptors (Lipinski definition) is 3. The van der Waals surface area contributed by atoms with Crippen LogP contribution < -0.4 is 0 Å². The lowest BCUT2D eigenvalue weighted by atomic mass is 10.1. The van der Waals surface area contributed by atoms with Crippen LogP contribution in [0.3, 0.4) is 0 Å². The van der Waals surface area contributed by atoms with E-state index < -0.39 is 12.3 Å². The average Bonchev–Trinajstić information content (AvgIpc) is 2.27. The molecule has 0 aliphatic heterocycles. The van der Waals surface area contributed by atoms with Gasteiger partial charge in [0.25, 0.3) is 0 Å². The molecule has 3 nitrogen and oxygen atoms in total. The standard InChI is InChI=1S/C11H9FO3/c1-3-10(15-11(13)14-2)8-4-6-9(12)7-5-8/h1,4-7,10H,2H3. The summed E-state index contributed by atoms with van der Waals surface area (Å²) >= 11 is 0. The molecule has 0 spiro atoms. The van der Waals surface area contributed by atoms with E-state index in [2.05, 4.69) is 10.7 Å². The van der Waals surface area contributed by atoms with Gasteiger partial charge in [0.1, 0.15) is 5.82 Å². The highest BCUT2D eigenvalue weighted by Gasteiger charge is 2.13. The molecular weight excluding hydrogens is 199 g/mol. The van der Waals surface area contributed by atoms with Crippen LogP contribution in [-0.4, -0.2) is 13.3 Å². The predicted octanol–water partition coefficient (Wildman–Crippen LogP) is 2.28. The Labute approximate surface area is 86.8 Å². The molecule has 1 atom stereocenters. The molecule has 0 saturated carbocycles. The summed E-state index contributed by atoms with van der Waals surface area (Å²) in [5.41, 5.74) is 0.518. The van der Waals surface area contributed by atoms with Gasteiger partial charge in [-0.3, -0.25) is 0 Å². The minimum atomic E-state index is -0.873. The lowest BCUT2D eigenvalue weighted by Gasteiger charge is -2.10. The number of methoxy groups -OCH3 is 1. The van der Waals surface area contributed by atoms with Gasteiger partial charge in [-0.1, -0.05) is 18.1 Å². The van der Waals surface area contributed by atoms with Crippen LogP contribution in [0.1, 0.15) is 11.7 Å². The number of benzene rings is 1. The Balaban J connectivity index is 2.80. The third-order valence-electron chi connectivity index (χ3n) is 1.70. The van der Waals surface area contributed by atoms with Gasteiger partial charge in [0.2, 0.25) is 0 Å². The zero-order valence-corrected chi connectivity index (χ0v) is 8.07. The van der Waals surface area contributed by atoms with E-state index in [1.165, 1.54) is 31.4 Å². The maximum Gasteiger partial charge on any atom is 0.509 e. The number of hydrogen-bond donors (Lipinski definition) is 0. The summed E-state index contributed by atoms with van der Waals surface area (Å²) in [6.07, 6.45) is 3.43. The molecule has 78 valence electrons. The third-order valence-corrected chi connectivity index (χ3v) is 1.70. The summed E-state index contributed by atoms with van der Waals surface area (Å²) < 4.78 is 21.7. The van der Waals surface area contributed by atoms with Gasteiger partial charge in [0.05, 0.1) is 7.11 Å². The van der Waals surface area contributed by atoms with E-state index in [4.69, 9.17) is 11.2 Å². The van der Waals surface area contributed by atoms with Gasteiger partial charge < -0.3 is 9.47 Å². The summed E-state index contributed by atoms with van der Waals surface area (Å²) in [6, 6.07) is 5.37. The fourth-order valence-corrected chi connectivity index (χ4v) is 0.980. The highest BCUT2D eigenvalue weighted by molar-refractivity contribution is 5.60. The molecule has 0 aromatic heterocycles. The first-order valence-electron chi connectivity index (χ1n) is 4.13. The highest BCUT2D eigenvalue weighted by atomic mass is 19.1. The van der Waals surface area contributed by atoms with Crippen molar-refractivity contribution in [3.05, 3.63) is 35.6 Å². The Hall–Kier alpha value is -2.02. The number of ether oxygens (including phenoxy) is 2. The van der Waals surface area contributed by atoms with Gasteiger partial charge in [-0.05, 0) is 12.1 Å². The summed E-state index contributed by atoms with van der Waals surface area (Å²) in [7, 11) is 1.18. The van der Waals surface area contributed by atoms with Crippen molar-refractivity contribution in [2.45, 2.75) is 6.10 Å². The van der Waals surface area contributed by atoms with E-state index in [0.717, 1.165) is 0 Å². The SMILES string of the molecule is C#CC(OC(=O)OC)c1ccc(F)cc1. The van der Waals surface area contributed by atoms with Crippen LogP contribution >= 0.6 is 0 Å². The fraction of sp³-hybridized carbons (Fsp3) is 0.182. The number of carbonyl (C=O) groups excluding carboxylic acids is 1. The molecule has 1 rings (SSSR count). The first-order valence-corrected chi connectivity index (χ1v) is 4.13. The second-order valence-electron chi connectivity index (χ2n) is 2.67. The van der Waals surface area contributed by atoms with Gasteiger partial charge in [-0.15, -0.1) is 6.42 Å². The Morgan fingerprint density at radius 1 is 1.47 bits per heavy atom. The molecule has 0 bridgehead atoms. The van der Waals surface area contributed by atoms with E-state index in [1.807, 2.05) is 0 Å². The quantitative estimate of drug-likeness (QED) is 0.552. The molecule has 0 fully saturated rings. The summed E-state index contributed by atoms with van der Waals surface area (Å²) in [5.74, 6) is 1.88. The van der Waals surface area contributed by atoms with E-state index in [9.17, 15) is 9.18 Å². The van der Waals surface area contributed by atoms with Crippen molar-refractivity contribution in [2.75, 3.05) is 7.11 Å². The van der Waals surface area contributed by atoms with E-state index >= 15 is 0 Å². The van der Waals surface area contributed by atoms with Crippen molar-refractivity contribution in [3.63, 3.8) is 0 Å². The first kappa shape index (κ1) is 11.1. The molecule has 1 unspecified atom stereocenters. The van der Waals surface area contributed by atoms with Gasteiger partial charge in [-0.2, -0.15) is 0 Å². The minimum absolute atomic E-state index is 0.382. The van der Waals surface area contributed by atoms with Crippen molar-refractivity contribution in [1.82, 2.24) is 0 Å². The third kappa shape index (κ3) is 2.99. The molecule has 0 aliphatic carbocycles. The van der Waals surface area contributed by atoms with Crippen molar-refractivity contribution >= 4 is 6.16 Å². The number of terminal acetylenes is 1. The topological polar surface area (TPSA) is 35.5 Å². The molecule has 0 N–H and O–H groups in total. The van der Waals surface area contributed by atoms with Crippen LogP contribution in [-0.2, 0) is 9.47 Å². The lowest BCUT2D eigenvalue weighted by Crippen LogP contribution is -2.09. The van der Waals surface area contributed by atoms with Crippen molar-refractivity contribution < 1.29 is 18.7 Å². The van der Waals surface area contributed by atoms with E-state index in [1.54, 1.807) is 0 Å². The number of carbonyl (C=O) groups is 1. The van der Waals surface area contributed by atoms with Crippen LogP contribution in [0.4, 0.5) is 9.18 Å². The Morgan fingerprint density at radius 3 is 2.53 bits per heavy atom. The molecule has 0 heterocycles. The van der Waals surface area contributed by atoms with Crippen LogP contribution in [0.5, 0.6) is 0 Å². The van der Waals surface area contributed by atoms with Gasteiger partial charge in [-0.25, -0.2) is 9.18 Å². The number of rotatable bonds is 2. The predicted molar refractivity (Wildman–Crippen MR) is 51.5 cm³/mol. The molecule has 4 heteroatoms. The van der Waals surface area contributed by atoms with Gasteiger partial charge >= 0.3 is 6.16 Å². The molecule has 0 amide bonds. The smallest absolute Gasteiger partial charge is 0.438 e. The molecule has 0 aliphatic rings. The van der Waals surface area contributed by atoms with E-state index in [0.29, 0.717) is 5.56 Å². The van der Waals surface area contributed by atoms with Crippen LogP contribution in [0, 0.1) is 18.2 Å². The van der Waals surface area contributed by atoms with Crippen molar-refractivity contribution in [3.8, 4) is 12.3 Å². The summed E-state index contributed by atoms with van der Waals surface area (Å²) in [6.45, 7) is 0. The van der Waals surface area contributed by atoms with Crippen LogP contribution in [0.15, 0.2) is 24.3 Å². The minimum Gasteiger partial charge on any atom is -0.438 e. The maximum absolute atomic E-state index is 12.6.